The van der Waals surface area contributed by atoms with E-state index in [4.69, 9.17) is 9.47 Å². The molecule has 2 aromatic carbocycles. The predicted octanol–water partition coefficient (Wildman–Crippen LogP) is 3.69. The van der Waals surface area contributed by atoms with Gasteiger partial charge in [-0.2, -0.15) is 5.10 Å². The van der Waals surface area contributed by atoms with Crippen LogP contribution >= 0.6 is 15.9 Å². The molecule has 0 aliphatic heterocycles. The number of rotatable bonds is 6. The van der Waals surface area contributed by atoms with Crippen LogP contribution in [0, 0.1) is 6.92 Å². The first kappa shape index (κ1) is 18.0. The Balaban J connectivity index is 1.89. The minimum absolute atomic E-state index is 0.110. The number of methoxy groups -OCH3 is 1. The van der Waals surface area contributed by atoms with E-state index in [-0.39, 0.29) is 12.5 Å². The van der Waals surface area contributed by atoms with E-state index in [9.17, 15) is 4.79 Å². The zero-order valence-electron chi connectivity index (χ0n) is 13.8. The maximum Gasteiger partial charge on any atom is 0.277 e. The molecule has 24 heavy (non-hydrogen) atoms. The molecule has 0 unspecified atom stereocenters. The van der Waals surface area contributed by atoms with E-state index in [1.807, 2.05) is 56.3 Å². The molecule has 0 atom stereocenters. The first-order valence-corrected chi connectivity index (χ1v) is 8.15. The molecule has 0 aliphatic rings. The van der Waals surface area contributed by atoms with Crippen LogP contribution in [0.4, 0.5) is 0 Å². The summed E-state index contributed by atoms with van der Waals surface area (Å²) >= 11 is 3.41. The topological polar surface area (TPSA) is 59.9 Å². The van der Waals surface area contributed by atoms with Gasteiger partial charge in [-0.25, -0.2) is 5.43 Å². The molecule has 0 saturated carbocycles. The van der Waals surface area contributed by atoms with E-state index < -0.39 is 0 Å². The quantitative estimate of drug-likeness (QED) is 0.604. The van der Waals surface area contributed by atoms with Crippen LogP contribution in [0.1, 0.15) is 18.1 Å². The van der Waals surface area contributed by atoms with Crippen molar-refractivity contribution in [2.75, 3.05) is 13.7 Å². The van der Waals surface area contributed by atoms with Crippen molar-refractivity contribution in [3.63, 3.8) is 0 Å². The van der Waals surface area contributed by atoms with Gasteiger partial charge >= 0.3 is 0 Å². The van der Waals surface area contributed by atoms with Crippen LogP contribution in [-0.2, 0) is 4.79 Å². The molecule has 0 heterocycles. The third kappa shape index (κ3) is 5.09. The van der Waals surface area contributed by atoms with Crippen molar-refractivity contribution in [3.05, 3.63) is 58.1 Å². The SMILES string of the molecule is COc1ccc(C(C)=NNC(=O)COc2ccc(C)cc2Br)cc1. The summed E-state index contributed by atoms with van der Waals surface area (Å²) in [6.07, 6.45) is 0. The molecule has 0 fully saturated rings. The molecule has 5 nitrogen and oxygen atoms in total. The molecule has 2 aromatic rings. The van der Waals surface area contributed by atoms with E-state index >= 15 is 0 Å². The van der Waals surface area contributed by atoms with Crippen LogP contribution in [0.15, 0.2) is 52.0 Å². The van der Waals surface area contributed by atoms with Gasteiger partial charge in [0.25, 0.3) is 5.91 Å². The zero-order valence-corrected chi connectivity index (χ0v) is 15.4. The Morgan fingerprint density at radius 3 is 2.54 bits per heavy atom. The molecule has 2 rings (SSSR count). The molecule has 1 amide bonds. The second-order valence-electron chi connectivity index (χ2n) is 5.18. The van der Waals surface area contributed by atoms with Crippen LogP contribution in [0.3, 0.4) is 0 Å². The van der Waals surface area contributed by atoms with Crippen LogP contribution in [0.2, 0.25) is 0 Å². The van der Waals surface area contributed by atoms with Gasteiger partial charge in [0.2, 0.25) is 0 Å². The summed E-state index contributed by atoms with van der Waals surface area (Å²) in [6, 6.07) is 13.1. The maximum atomic E-state index is 11.9. The van der Waals surface area contributed by atoms with Crippen LogP contribution in [0.5, 0.6) is 11.5 Å². The monoisotopic (exact) mass is 390 g/mol. The van der Waals surface area contributed by atoms with Gasteiger partial charge in [-0.15, -0.1) is 0 Å². The second-order valence-corrected chi connectivity index (χ2v) is 6.04. The molecule has 0 spiro atoms. The van der Waals surface area contributed by atoms with Gasteiger partial charge in [-0.05, 0) is 77.3 Å². The normalized spacial score (nSPS) is 11.1. The van der Waals surface area contributed by atoms with Crippen LogP contribution in [0.25, 0.3) is 0 Å². The number of amides is 1. The Kier molecular flexibility index (Phi) is 6.37. The fourth-order valence-corrected chi connectivity index (χ4v) is 2.55. The summed E-state index contributed by atoms with van der Waals surface area (Å²) in [5.74, 6) is 1.06. The third-order valence-corrected chi connectivity index (χ3v) is 3.92. The lowest BCUT2D eigenvalue weighted by Gasteiger charge is -2.08. The summed E-state index contributed by atoms with van der Waals surface area (Å²) in [4.78, 5) is 11.9. The Morgan fingerprint density at radius 2 is 1.92 bits per heavy atom. The summed E-state index contributed by atoms with van der Waals surface area (Å²) in [5, 5.41) is 4.08. The smallest absolute Gasteiger partial charge is 0.277 e. The number of hydrogen-bond donors (Lipinski definition) is 1. The number of benzene rings is 2. The third-order valence-electron chi connectivity index (χ3n) is 3.30. The summed E-state index contributed by atoms with van der Waals surface area (Å²) in [5.41, 5.74) is 5.20. The highest BCUT2D eigenvalue weighted by Gasteiger charge is 2.06. The number of hydrogen-bond acceptors (Lipinski definition) is 4. The first-order valence-electron chi connectivity index (χ1n) is 7.36. The van der Waals surface area contributed by atoms with Crippen molar-refractivity contribution in [2.24, 2.45) is 5.10 Å². The first-order chi connectivity index (χ1) is 11.5. The molecule has 126 valence electrons. The number of carbonyl (C=O) groups excluding carboxylic acids is 1. The maximum absolute atomic E-state index is 11.9. The predicted molar refractivity (Wildman–Crippen MR) is 97.7 cm³/mol. The van der Waals surface area contributed by atoms with Gasteiger partial charge in [-0.3, -0.25) is 4.79 Å². The van der Waals surface area contributed by atoms with E-state index in [1.54, 1.807) is 7.11 Å². The van der Waals surface area contributed by atoms with Gasteiger partial charge in [0.15, 0.2) is 6.61 Å². The largest absolute Gasteiger partial charge is 0.497 e. The molecule has 1 N–H and O–H groups in total. The minimum Gasteiger partial charge on any atom is -0.497 e. The Hall–Kier alpha value is -2.34. The van der Waals surface area contributed by atoms with E-state index in [0.717, 1.165) is 21.3 Å². The molecular weight excluding hydrogens is 372 g/mol. The number of carbonyl (C=O) groups is 1. The van der Waals surface area contributed by atoms with Gasteiger partial charge < -0.3 is 9.47 Å². The molecular formula is C18H19BrN2O3. The average Bonchev–Trinajstić information content (AvgIpc) is 2.59. The lowest BCUT2D eigenvalue weighted by Crippen LogP contribution is -2.25. The minimum atomic E-state index is -0.324. The number of nitrogens with zero attached hydrogens (tertiary/aromatic N) is 1. The van der Waals surface area contributed by atoms with Crippen molar-refractivity contribution < 1.29 is 14.3 Å². The Labute approximate surface area is 149 Å². The molecule has 0 saturated heterocycles. The van der Waals surface area contributed by atoms with Crippen molar-refractivity contribution in [3.8, 4) is 11.5 Å². The molecule has 0 bridgehead atoms. The number of hydrazone groups is 1. The van der Waals surface area contributed by atoms with Gasteiger partial charge in [-0.1, -0.05) is 6.07 Å². The lowest BCUT2D eigenvalue weighted by atomic mass is 10.1. The van der Waals surface area contributed by atoms with E-state index in [0.29, 0.717) is 11.5 Å². The van der Waals surface area contributed by atoms with Crippen LogP contribution < -0.4 is 14.9 Å². The van der Waals surface area contributed by atoms with Gasteiger partial charge in [0.1, 0.15) is 11.5 Å². The summed E-state index contributed by atoms with van der Waals surface area (Å²) < 4.78 is 11.4. The van der Waals surface area contributed by atoms with Crippen molar-refractivity contribution >= 4 is 27.5 Å². The van der Waals surface area contributed by atoms with Crippen molar-refractivity contribution in [1.29, 1.82) is 0 Å². The molecule has 6 heteroatoms. The number of aryl methyl sites for hydroxylation is 1. The fraction of sp³-hybridized carbons (Fsp3) is 0.222. The summed E-state index contributed by atoms with van der Waals surface area (Å²) in [7, 11) is 1.61. The van der Waals surface area contributed by atoms with Gasteiger partial charge in [0.05, 0.1) is 17.3 Å². The highest BCUT2D eigenvalue weighted by Crippen LogP contribution is 2.25. The Bertz CT molecular complexity index is 742. The summed E-state index contributed by atoms with van der Waals surface area (Å²) in [6.45, 7) is 3.69. The fourth-order valence-electron chi connectivity index (χ4n) is 1.94. The zero-order chi connectivity index (χ0) is 17.5. The Morgan fingerprint density at radius 1 is 1.21 bits per heavy atom. The molecule has 0 aromatic heterocycles. The highest BCUT2D eigenvalue weighted by atomic mass is 79.9. The average molecular weight is 391 g/mol. The van der Waals surface area contributed by atoms with Crippen molar-refractivity contribution in [1.82, 2.24) is 5.43 Å². The molecule has 0 radical (unpaired) electrons. The van der Waals surface area contributed by atoms with Crippen LogP contribution in [-0.4, -0.2) is 25.3 Å². The second kappa shape index (κ2) is 8.49. The number of nitrogens with one attached hydrogen (secondary N) is 1. The standard InChI is InChI=1S/C18H19BrN2O3/c1-12-4-9-17(16(19)10-12)24-11-18(22)21-20-13(2)14-5-7-15(23-3)8-6-14/h4-10H,11H2,1-3H3,(H,21,22). The van der Waals surface area contributed by atoms with E-state index in [2.05, 4.69) is 26.5 Å². The van der Waals surface area contributed by atoms with Gasteiger partial charge in [0, 0.05) is 0 Å². The van der Waals surface area contributed by atoms with Crippen molar-refractivity contribution in [2.45, 2.75) is 13.8 Å². The van der Waals surface area contributed by atoms with E-state index in [1.165, 1.54) is 0 Å². The number of halogens is 1. The lowest BCUT2D eigenvalue weighted by molar-refractivity contribution is -0.123. The number of ether oxygens (including phenoxy) is 2. The highest BCUT2D eigenvalue weighted by molar-refractivity contribution is 9.10. The molecule has 0 aliphatic carbocycles.